The number of nitrogens with zero attached hydrogens (tertiary/aromatic N) is 5. The van der Waals surface area contributed by atoms with Crippen LogP contribution in [0.5, 0.6) is 0 Å². The molecule has 1 N–H and O–H groups in total. The lowest BCUT2D eigenvalue weighted by Gasteiger charge is -2.20. The number of hydrogen-bond donors (Lipinski definition) is 1. The Morgan fingerprint density at radius 2 is 1.85 bits per heavy atom. The van der Waals surface area contributed by atoms with Crippen molar-refractivity contribution in [2.75, 3.05) is 39.1 Å². The number of benzene rings is 2. The zero-order valence-corrected chi connectivity index (χ0v) is 20.7. The maximum Gasteiger partial charge on any atom is 0.264 e. The zero-order valence-electron chi connectivity index (χ0n) is 18.3. The number of thioether (sulfide) groups is 1. The van der Waals surface area contributed by atoms with Crippen LogP contribution >= 0.6 is 35.0 Å². The van der Waals surface area contributed by atoms with Gasteiger partial charge in [0.15, 0.2) is 5.17 Å². The number of halogens is 2. The minimum absolute atomic E-state index is 0.231. The van der Waals surface area contributed by atoms with Gasteiger partial charge < -0.3 is 15.1 Å². The molecule has 1 aliphatic heterocycles. The summed E-state index contributed by atoms with van der Waals surface area (Å²) < 4.78 is 0. The van der Waals surface area contributed by atoms with Crippen LogP contribution in [-0.4, -0.2) is 60.2 Å². The molecule has 4 rings (SSSR count). The van der Waals surface area contributed by atoms with E-state index >= 15 is 0 Å². The molecule has 1 aromatic heterocycles. The number of amides is 1. The van der Waals surface area contributed by atoms with Crippen molar-refractivity contribution in [3.8, 4) is 0 Å². The van der Waals surface area contributed by atoms with Crippen LogP contribution in [0.2, 0.25) is 10.0 Å². The van der Waals surface area contributed by atoms with Crippen molar-refractivity contribution in [1.29, 1.82) is 0 Å². The van der Waals surface area contributed by atoms with Crippen LogP contribution in [0.1, 0.15) is 5.56 Å². The normalized spacial score (nSPS) is 16.2. The Balaban J connectivity index is 1.58. The lowest BCUT2D eigenvalue weighted by molar-refractivity contribution is -0.115. The highest BCUT2D eigenvalue weighted by molar-refractivity contribution is 8.18. The van der Waals surface area contributed by atoms with E-state index in [1.807, 2.05) is 39.3 Å². The van der Waals surface area contributed by atoms with Gasteiger partial charge in [-0.25, -0.2) is 9.98 Å². The summed E-state index contributed by atoms with van der Waals surface area (Å²) in [5, 5.41) is 4.02. The van der Waals surface area contributed by atoms with Crippen LogP contribution in [-0.2, 0) is 4.79 Å². The molecule has 7 nitrogen and oxygen atoms in total. The predicted molar refractivity (Wildman–Crippen MR) is 139 cm³/mol. The third-order valence-electron chi connectivity index (χ3n) is 4.93. The van der Waals surface area contributed by atoms with Crippen LogP contribution in [0.3, 0.4) is 0 Å². The Bertz CT molecular complexity index is 1260. The lowest BCUT2D eigenvalue weighted by atomic mass is 10.1. The Morgan fingerprint density at radius 1 is 1.09 bits per heavy atom. The largest absolute Gasteiger partial charge is 0.357 e. The molecular weight excluding hydrogens is 479 g/mol. The van der Waals surface area contributed by atoms with Gasteiger partial charge in [0.1, 0.15) is 11.5 Å². The fourth-order valence-electron chi connectivity index (χ4n) is 3.09. The third-order valence-corrected chi connectivity index (χ3v) is 6.45. The number of aromatic nitrogens is 2. The van der Waals surface area contributed by atoms with E-state index in [2.05, 4.69) is 25.1 Å². The van der Waals surface area contributed by atoms with Crippen molar-refractivity contribution in [1.82, 2.24) is 20.2 Å². The minimum Gasteiger partial charge on any atom is -0.357 e. The second-order valence-corrected chi connectivity index (χ2v) is 9.60. The monoisotopic (exact) mass is 500 g/mol. The first-order chi connectivity index (χ1) is 15.8. The van der Waals surface area contributed by atoms with Gasteiger partial charge in [0, 0.05) is 20.1 Å². The van der Waals surface area contributed by atoms with Gasteiger partial charge in [-0.15, -0.1) is 0 Å². The summed E-state index contributed by atoms with van der Waals surface area (Å²) in [4.78, 5) is 30.9. The number of aliphatic imine (C=N–C) groups is 1. The van der Waals surface area contributed by atoms with E-state index in [9.17, 15) is 4.79 Å². The number of carbonyl (C=O) groups is 1. The predicted octanol–water partition coefficient (Wildman–Crippen LogP) is 4.83. The molecule has 0 bridgehead atoms. The number of amidine groups is 1. The fraction of sp³-hybridized carbons (Fsp3) is 0.217. The number of rotatable bonds is 6. The molecule has 1 saturated heterocycles. The number of para-hydroxylation sites is 1. The van der Waals surface area contributed by atoms with Gasteiger partial charge in [-0.1, -0.05) is 35.3 Å². The molecule has 1 aliphatic rings. The lowest BCUT2D eigenvalue weighted by Crippen LogP contribution is -2.29. The van der Waals surface area contributed by atoms with Gasteiger partial charge in [-0.05, 0) is 61.8 Å². The van der Waals surface area contributed by atoms with Crippen LogP contribution in [0.4, 0.5) is 11.5 Å². The average Bonchev–Trinajstić information content (AvgIpc) is 3.12. The maximum absolute atomic E-state index is 12.5. The number of anilines is 1. The fourth-order valence-corrected chi connectivity index (χ4v) is 4.40. The van der Waals surface area contributed by atoms with Gasteiger partial charge >= 0.3 is 0 Å². The van der Waals surface area contributed by atoms with E-state index in [0.717, 1.165) is 35.5 Å². The Kier molecular flexibility index (Phi) is 7.19. The third kappa shape index (κ3) is 5.65. The van der Waals surface area contributed by atoms with Crippen LogP contribution < -0.4 is 10.2 Å². The van der Waals surface area contributed by atoms with Crippen molar-refractivity contribution >= 4 is 74.7 Å². The summed E-state index contributed by atoms with van der Waals surface area (Å²) >= 11 is 13.6. The quantitative estimate of drug-likeness (QED) is 0.488. The molecule has 2 aromatic carbocycles. The van der Waals surface area contributed by atoms with E-state index in [1.165, 1.54) is 11.8 Å². The number of fused-ring (bicyclic) bond motifs is 1. The van der Waals surface area contributed by atoms with Crippen molar-refractivity contribution in [3.63, 3.8) is 0 Å². The van der Waals surface area contributed by atoms with Gasteiger partial charge in [0.05, 0.1) is 32.2 Å². The number of hydrogen-bond acceptors (Lipinski definition) is 7. The molecule has 0 aliphatic carbocycles. The molecule has 1 fully saturated rings. The molecule has 0 atom stereocenters. The molecule has 33 heavy (non-hydrogen) atoms. The number of nitrogens with one attached hydrogen (secondary N) is 1. The molecule has 0 radical (unpaired) electrons. The molecule has 2 heterocycles. The van der Waals surface area contributed by atoms with Gasteiger partial charge in [0.2, 0.25) is 0 Å². The Labute approximate surface area is 206 Å². The van der Waals surface area contributed by atoms with Gasteiger partial charge in [-0.2, -0.15) is 0 Å². The molecule has 1 amide bonds. The molecule has 3 aromatic rings. The van der Waals surface area contributed by atoms with E-state index in [-0.39, 0.29) is 5.91 Å². The second kappa shape index (κ2) is 10.1. The van der Waals surface area contributed by atoms with Gasteiger partial charge in [-0.3, -0.25) is 9.78 Å². The van der Waals surface area contributed by atoms with Crippen LogP contribution in [0, 0.1) is 0 Å². The first-order valence-electron chi connectivity index (χ1n) is 10.2. The maximum atomic E-state index is 12.5. The molecule has 0 saturated carbocycles. The summed E-state index contributed by atoms with van der Waals surface area (Å²) in [7, 11) is 6.07. The topological polar surface area (TPSA) is 73.7 Å². The van der Waals surface area contributed by atoms with E-state index in [0.29, 0.717) is 25.8 Å². The molecular formula is C23H22Cl2N6OS. The standard InChI is InChI=1S/C23H22Cl2N6OS/c1-30(2)9-10-31(3)20-13-26-17-8-7-14(11-18(17)27-20)12-19-22(32)29-23(33-19)28-21-15(24)5-4-6-16(21)25/h4-8,11-13H,9-10H2,1-3H3,(H,28,29,32). The summed E-state index contributed by atoms with van der Waals surface area (Å²) in [6.45, 7) is 1.75. The molecule has 170 valence electrons. The SMILES string of the molecule is CN(C)CCN(C)c1cnc2ccc(C=C3SC(=Nc4c(Cl)cccc4Cl)NC3=O)cc2n1. The molecule has 10 heteroatoms. The molecule has 0 unspecified atom stereocenters. The number of likely N-dealkylation sites (N-methyl/N-ethyl adjacent to an activating group) is 2. The second-order valence-electron chi connectivity index (χ2n) is 7.75. The highest BCUT2D eigenvalue weighted by Crippen LogP contribution is 2.35. The first kappa shape index (κ1) is 23.5. The van der Waals surface area contributed by atoms with Crippen LogP contribution in [0.25, 0.3) is 17.1 Å². The Morgan fingerprint density at radius 3 is 2.58 bits per heavy atom. The highest BCUT2D eigenvalue weighted by Gasteiger charge is 2.24. The summed E-state index contributed by atoms with van der Waals surface area (Å²) in [6.07, 6.45) is 3.58. The van der Waals surface area contributed by atoms with Crippen molar-refractivity contribution in [2.24, 2.45) is 4.99 Å². The van der Waals surface area contributed by atoms with Crippen molar-refractivity contribution in [2.45, 2.75) is 0 Å². The van der Waals surface area contributed by atoms with Crippen molar-refractivity contribution < 1.29 is 4.79 Å². The van der Waals surface area contributed by atoms with E-state index in [1.54, 1.807) is 30.5 Å². The highest BCUT2D eigenvalue weighted by atomic mass is 35.5. The van der Waals surface area contributed by atoms with Crippen molar-refractivity contribution in [3.05, 3.63) is 63.1 Å². The minimum atomic E-state index is -0.231. The first-order valence-corrected chi connectivity index (χ1v) is 11.7. The summed E-state index contributed by atoms with van der Waals surface area (Å²) in [5.74, 6) is 0.568. The number of carbonyl (C=O) groups excluding carboxylic acids is 1. The Hall–Kier alpha value is -2.65. The van der Waals surface area contributed by atoms with E-state index in [4.69, 9.17) is 28.2 Å². The summed E-state index contributed by atoms with van der Waals surface area (Å²) in [6, 6.07) is 10.9. The summed E-state index contributed by atoms with van der Waals surface area (Å²) in [5.41, 5.74) is 2.83. The molecule has 0 spiro atoms. The smallest absolute Gasteiger partial charge is 0.264 e. The zero-order chi connectivity index (χ0) is 23.5. The average molecular weight is 501 g/mol. The van der Waals surface area contributed by atoms with E-state index < -0.39 is 0 Å². The van der Waals surface area contributed by atoms with Crippen LogP contribution in [0.15, 0.2) is 52.5 Å². The van der Waals surface area contributed by atoms with Gasteiger partial charge in [0.25, 0.3) is 5.91 Å².